The lowest BCUT2D eigenvalue weighted by atomic mass is 9.88. The van der Waals surface area contributed by atoms with Crippen LogP contribution < -0.4 is 0 Å². The van der Waals surface area contributed by atoms with Crippen molar-refractivity contribution in [2.45, 2.75) is 51.9 Å². The molecule has 2 rings (SSSR count). The van der Waals surface area contributed by atoms with E-state index in [9.17, 15) is 5.11 Å². The van der Waals surface area contributed by atoms with Crippen molar-refractivity contribution < 1.29 is 9.84 Å². The average Bonchev–Trinajstić information content (AvgIpc) is 2.81. The summed E-state index contributed by atoms with van der Waals surface area (Å²) in [5, 5.41) is 11.4. The molecule has 20 heavy (non-hydrogen) atoms. The van der Waals surface area contributed by atoms with Crippen LogP contribution >= 0.6 is 22.9 Å². The van der Waals surface area contributed by atoms with Crippen LogP contribution in [-0.2, 0) is 10.2 Å². The summed E-state index contributed by atoms with van der Waals surface area (Å²) in [6, 6.07) is 5.71. The molecule has 0 radical (unpaired) electrons. The third-order valence-corrected chi connectivity index (χ3v) is 5.22. The van der Waals surface area contributed by atoms with Crippen LogP contribution in [0.25, 0.3) is 10.2 Å². The highest BCUT2D eigenvalue weighted by atomic mass is 35.5. The van der Waals surface area contributed by atoms with Gasteiger partial charge in [0.15, 0.2) is 6.29 Å². The second-order valence-electron chi connectivity index (χ2n) is 5.49. The first-order chi connectivity index (χ1) is 9.34. The van der Waals surface area contributed by atoms with Crippen molar-refractivity contribution in [1.82, 2.24) is 4.98 Å². The number of ether oxygens (including phenoxy) is 1. The summed E-state index contributed by atoms with van der Waals surface area (Å²) in [6.45, 7) is 8.03. The van der Waals surface area contributed by atoms with Crippen molar-refractivity contribution in [1.29, 1.82) is 0 Å². The summed E-state index contributed by atoms with van der Waals surface area (Å²) >= 11 is 7.64. The van der Waals surface area contributed by atoms with Crippen LogP contribution in [0.5, 0.6) is 0 Å². The second-order valence-corrected chi connectivity index (χ2v) is 6.96. The van der Waals surface area contributed by atoms with Gasteiger partial charge in [-0.1, -0.05) is 32.4 Å². The van der Waals surface area contributed by atoms with Crippen LogP contribution in [0.15, 0.2) is 18.2 Å². The van der Waals surface area contributed by atoms with Crippen molar-refractivity contribution in [2.24, 2.45) is 0 Å². The molecule has 0 saturated carbocycles. The van der Waals surface area contributed by atoms with Gasteiger partial charge in [-0.15, -0.1) is 11.3 Å². The predicted octanol–water partition coefficient (Wildman–Crippen LogP) is 4.36. The third-order valence-electron chi connectivity index (χ3n) is 3.63. The lowest BCUT2D eigenvalue weighted by Crippen LogP contribution is -2.36. The number of aliphatic hydroxyl groups is 1. The maximum absolute atomic E-state index is 9.66. The largest absolute Gasteiger partial charge is 0.368 e. The van der Waals surface area contributed by atoms with E-state index in [1.165, 1.54) is 0 Å². The molecule has 1 N–H and O–H groups in total. The van der Waals surface area contributed by atoms with Gasteiger partial charge in [-0.2, -0.15) is 0 Å². The molecule has 2 aromatic rings. The minimum absolute atomic E-state index is 0.131. The van der Waals surface area contributed by atoms with E-state index in [2.05, 4.69) is 18.8 Å². The highest BCUT2D eigenvalue weighted by molar-refractivity contribution is 7.18. The lowest BCUT2D eigenvalue weighted by Gasteiger charge is -2.31. The van der Waals surface area contributed by atoms with Gasteiger partial charge >= 0.3 is 0 Å². The van der Waals surface area contributed by atoms with Gasteiger partial charge in [-0.05, 0) is 31.5 Å². The number of fused-ring (bicyclic) bond motifs is 1. The fourth-order valence-corrected chi connectivity index (χ4v) is 3.27. The fraction of sp³-hybridized carbons (Fsp3) is 0.533. The standard InChI is InChI=1S/C15H20ClNO2S/c1-5-13(18)19-9(2)15(3,4)14-17-11-7-6-10(16)8-12(11)20-14/h6-9,13,18H,5H2,1-4H3. The molecule has 1 heterocycles. The Kier molecular flexibility index (Phi) is 4.69. The predicted molar refractivity (Wildman–Crippen MR) is 84.5 cm³/mol. The molecule has 0 bridgehead atoms. The number of aromatic nitrogens is 1. The SMILES string of the molecule is CCC(O)OC(C)C(C)(C)c1nc2ccc(Cl)cc2s1. The van der Waals surface area contributed by atoms with Crippen LogP contribution in [-0.4, -0.2) is 22.5 Å². The van der Waals surface area contributed by atoms with E-state index in [-0.39, 0.29) is 11.5 Å². The number of benzene rings is 1. The van der Waals surface area contributed by atoms with Crippen molar-refractivity contribution in [2.75, 3.05) is 0 Å². The number of hydrogen-bond donors (Lipinski definition) is 1. The molecule has 2 unspecified atom stereocenters. The second kappa shape index (κ2) is 5.98. The molecule has 1 aromatic carbocycles. The topological polar surface area (TPSA) is 42.4 Å². The normalized spacial score (nSPS) is 15.5. The quantitative estimate of drug-likeness (QED) is 0.834. The Labute approximate surface area is 128 Å². The molecule has 3 nitrogen and oxygen atoms in total. The Balaban J connectivity index is 2.30. The smallest absolute Gasteiger partial charge is 0.154 e. The van der Waals surface area contributed by atoms with E-state index in [0.717, 1.165) is 20.2 Å². The van der Waals surface area contributed by atoms with Gasteiger partial charge in [-0.25, -0.2) is 4.98 Å². The van der Waals surface area contributed by atoms with Gasteiger partial charge in [0.05, 0.1) is 16.3 Å². The summed E-state index contributed by atoms with van der Waals surface area (Å²) in [6.07, 6.45) is -0.280. The van der Waals surface area contributed by atoms with Crippen LogP contribution in [0.2, 0.25) is 5.02 Å². The van der Waals surface area contributed by atoms with Gasteiger partial charge < -0.3 is 9.84 Å². The van der Waals surface area contributed by atoms with Crippen LogP contribution in [0.1, 0.15) is 39.1 Å². The average molecular weight is 314 g/mol. The van der Waals surface area contributed by atoms with E-state index in [0.29, 0.717) is 6.42 Å². The number of nitrogens with zero attached hydrogens (tertiary/aromatic N) is 1. The zero-order chi connectivity index (χ0) is 14.9. The Morgan fingerprint density at radius 3 is 2.80 bits per heavy atom. The van der Waals surface area contributed by atoms with E-state index in [4.69, 9.17) is 16.3 Å². The Morgan fingerprint density at radius 2 is 2.15 bits per heavy atom. The van der Waals surface area contributed by atoms with Gasteiger partial charge in [-0.3, -0.25) is 0 Å². The molecule has 110 valence electrons. The van der Waals surface area contributed by atoms with Crippen LogP contribution in [0.3, 0.4) is 0 Å². The highest BCUT2D eigenvalue weighted by Crippen LogP contribution is 2.36. The van der Waals surface area contributed by atoms with Gasteiger partial charge in [0.1, 0.15) is 5.01 Å². The van der Waals surface area contributed by atoms with Crippen molar-refractivity contribution in [3.05, 3.63) is 28.2 Å². The van der Waals surface area contributed by atoms with E-state index in [1.807, 2.05) is 32.0 Å². The summed E-state index contributed by atoms with van der Waals surface area (Å²) in [7, 11) is 0. The Bertz CT molecular complexity index is 597. The molecule has 0 amide bonds. The van der Waals surface area contributed by atoms with Crippen molar-refractivity contribution in [3.8, 4) is 0 Å². The van der Waals surface area contributed by atoms with Gasteiger partial charge in [0, 0.05) is 10.4 Å². The molecule has 5 heteroatoms. The van der Waals surface area contributed by atoms with E-state index in [1.54, 1.807) is 11.3 Å². The molecule has 0 fully saturated rings. The number of thiazole rings is 1. The summed E-state index contributed by atoms with van der Waals surface area (Å²) in [5.74, 6) is 0. The van der Waals surface area contributed by atoms with Crippen molar-refractivity contribution in [3.63, 3.8) is 0 Å². The number of aliphatic hydroxyl groups excluding tert-OH is 1. The lowest BCUT2D eigenvalue weighted by molar-refractivity contribution is -0.148. The number of rotatable bonds is 5. The first-order valence-electron chi connectivity index (χ1n) is 6.74. The van der Waals surface area contributed by atoms with Crippen molar-refractivity contribution >= 4 is 33.2 Å². The highest BCUT2D eigenvalue weighted by Gasteiger charge is 2.33. The molecule has 0 aliphatic heterocycles. The molecule has 2 atom stereocenters. The number of halogens is 1. The third kappa shape index (κ3) is 3.14. The molecule has 0 aliphatic rings. The molecule has 0 saturated heterocycles. The molecule has 0 spiro atoms. The molecule has 1 aromatic heterocycles. The Hall–Kier alpha value is -0.680. The van der Waals surface area contributed by atoms with E-state index < -0.39 is 6.29 Å². The monoisotopic (exact) mass is 313 g/mol. The summed E-state index contributed by atoms with van der Waals surface area (Å²) in [4.78, 5) is 4.68. The first kappa shape index (κ1) is 15.7. The maximum atomic E-state index is 9.66. The van der Waals surface area contributed by atoms with Gasteiger partial charge in [0.2, 0.25) is 0 Å². The number of hydrogen-bond acceptors (Lipinski definition) is 4. The fourth-order valence-electron chi connectivity index (χ4n) is 1.85. The minimum atomic E-state index is -0.729. The first-order valence-corrected chi connectivity index (χ1v) is 7.94. The molecule has 0 aliphatic carbocycles. The van der Waals surface area contributed by atoms with Crippen LogP contribution in [0.4, 0.5) is 0 Å². The summed E-state index contributed by atoms with van der Waals surface area (Å²) in [5.41, 5.74) is 0.678. The van der Waals surface area contributed by atoms with Gasteiger partial charge in [0.25, 0.3) is 0 Å². The summed E-state index contributed by atoms with van der Waals surface area (Å²) < 4.78 is 6.71. The van der Waals surface area contributed by atoms with E-state index >= 15 is 0 Å². The Morgan fingerprint density at radius 1 is 1.45 bits per heavy atom. The zero-order valence-electron chi connectivity index (χ0n) is 12.2. The maximum Gasteiger partial charge on any atom is 0.154 e. The molecular weight excluding hydrogens is 294 g/mol. The molecular formula is C15H20ClNO2S. The van der Waals surface area contributed by atoms with Crippen LogP contribution in [0, 0.1) is 0 Å². The minimum Gasteiger partial charge on any atom is -0.368 e. The zero-order valence-corrected chi connectivity index (χ0v) is 13.8.